The summed E-state index contributed by atoms with van der Waals surface area (Å²) in [6.45, 7) is 3.38. The summed E-state index contributed by atoms with van der Waals surface area (Å²) in [6, 6.07) is 0. The van der Waals surface area contributed by atoms with Crippen LogP contribution >= 0.6 is 0 Å². The fourth-order valence-corrected chi connectivity index (χ4v) is 7.95. The first-order valence-corrected chi connectivity index (χ1v) is 26.7. The summed E-state index contributed by atoms with van der Waals surface area (Å²) in [4.78, 5) is 25.4. The zero-order chi connectivity index (χ0) is 47.3. The zero-order valence-corrected chi connectivity index (χ0v) is 41.5. The molecule has 6 atom stereocenters. The molecule has 0 amide bonds. The van der Waals surface area contributed by atoms with Crippen molar-refractivity contribution in [3.63, 3.8) is 0 Å². The minimum atomic E-state index is -1.60. The number of esters is 2. The summed E-state index contributed by atoms with van der Waals surface area (Å²) >= 11 is 0. The van der Waals surface area contributed by atoms with Crippen molar-refractivity contribution in [3.05, 3.63) is 48.6 Å². The van der Waals surface area contributed by atoms with Gasteiger partial charge in [-0.25, -0.2) is 0 Å². The molecule has 1 aliphatic rings. The Labute approximate surface area is 397 Å². The van der Waals surface area contributed by atoms with Crippen LogP contribution in [0.2, 0.25) is 0 Å². The van der Waals surface area contributed by atoms with E-state index in [1.807, 2.05) is 0 Å². The molecule has 1 aliphatic heterocycles. The molecular formula is C55H98O10. The van der Waals surface area contributed by atoms with Crippen LogP contribution in [0.25, 0.3) is 0 Å². The van der Waals surface area contributed by atoms with Gasteiger partial charge in [0, 0.05) is 12.8 Å². The second-order valence-electron chi connectivity index (χ2n) is 18.3. The smallest absolute Gasteiger partial charge is 0.306 e. The van der Waals surface area contributed by atoms with Gasteiger partial charge in [0.1, 0.15) is 31.0 Å². The lowest BCUT2D eigenvalue weighted by molar-refractivity contribution is -0.305. The van der Waals surface area contributed by atoms with Crippen LogP contribution < -0.4 is 0 Å². The van der Waals surface area contributed by atoms with Crippen LogP contribution in [0.4, 0.5) is 0 Å². The monoisotopic (exact) mass is 919 g/mol. The minimum absolute atomic E-state index is 0.212. The van der Waals surface area contributed by atoms with Gasteiger partial charge < -0.3 is 39.4 Å². The molecule has 0 spiro atoms. The van der Waals surface area contributed by atoms with Crippen molar-refractivity contribution in [2.75, 3.05) is 19.8 Å². The van der Waals surface area contributed by atoms with Crippen molar-refractivity contribution in [2.24, 2.45) is 0 Å². The van der Waals surface area contributed by atoms with Crippen molar-refractivity contribution >= 4 is 11.9 Å². The molecule has 10 heteroatoms. The first-order chi connectivity index (χ1) is 31.8. The Balaban J connectivity index is 2.27. The lowest BCUT2D eigenvalue weighted by atomic mass is 9.99. The molecule has 65 heavy (non-hydrogen) atoms. The third kappa shape index (κ3) is 36.4. The number of hydrogen-bond donors (Lipinski definition) is 4. The largest absolute Gasteiger partial charge is 0.462 e. The van der Waals surface area contributed by atoms with Gasteiger partial charge in [0.2, 0.25) is 0 Å². The highest BCUT2D eigenvalue weighted by atomic mass is 16.7. The molecule has 0 radical (unpaired) electrons. The predicted octanol–water partition coefficient (Wildman–Crippen LogP) is 12.8. The van der Waals surface area contributed by atoms with E-state index in [4.69, 9.17) is 18.9 Å². The van der Waals surface area contributed by atoms with Gasteiger partial charge in [0.25, 0.3) is 0 Å². The molecule has 1 fully saturated rings. The van der Waals surface area contributed by atoms with Crippen molar-refractivity contribution < 1.29 is 49.0 Å². The van der Waals surface area contributed by atoms with Crippen LogP contribution in [0, 0.1) is 0 Å². The van der Waals surface area contributed by atoms with E-state index in [9.17, 15) is 30.0 Å². The number of allylic oxidation sites excluding steroid dienone is 8. The molecule has 0 aromatic carbocycles. The normalized spacial score (nSPS) is 19.6. The van der Waals surface area contributed by atoms with Gasteiger partial charge in [0.05, 0.1) is 13.2 Å². The Bertz CT molecular complexity index is 1200. The summed E-state index contributed by atoms with van der Waals surface area (Å²) in [6.07, 6.45) is 48.5. The second-order valence-corrected chi connectivity index (χ2v) is 18.3. The maximum absolute atomic E-state index is 12.8. The van der Waals surface area contributed by atoms with E-state index in [-0.39, 0.29) is 26.1 Å². The van der Waals surface area contributed by atoms with E-state index >= 15 is 0 Å². The first-order valence-electron chi connectivity index (χ1n) is 26.7. The highest BCUT2D eigenvalue weighted by Crippen LogP contribution is 2.23. The lowest BCUT2D eigenvalue weighted by Gasteiger charge is -2.39. The molecule has 1 rings (SSSR count). The van der Waals surface area contributed by atoms with Gasteiger partial charge in [-0.15, -0.1) is 0 Å². The summed E-state index contributed by atoms with van der Waals surface area (Å²) < 4.78 is 22.2. The topological polar surface area (TPSA) is 152 Å². The molecule has 1 saturated heterocycles. The number of carbonyl (C=O) groups excluding carboxylic acids is 2. The summed E-state index contributed by atoms with van der Waals surface area (Å²) in [5.41, 5.74) is 0. The SMILES string of the molecule is CCCCC/C=C/C/C=C/CCCCCCCCCC(=O)O[C@@H](COC(=O)CCC/C=C/CC/C=C/CCCCCCCCCCCCCCCC)CO[C@H]1O[C@@H](CO)[C@@H](O)C(O)C1O. The van der Waals surface area contributed by atoms with Gasteiger partial charge >= 0.3 is 11.9 Å². The first kappa shape index (κ1) is 60.7. The molecule has 0 aliphatic carbocycles. The molecule has 1 heterocycles. The Hall–Kier alpha value is -2.34. The minimum Gasteiger partial charge on any atom is -0.462 e. The van der Waals surface area contributed by atoms with Gasteiger partial charge in [-0.05, 0) is 77.0 Å². The lowest BCUT2D eigenvalue weighted by Crippen LogP contribution is -2.59. The average molecular weight is 919 g/mol. The van der Waals surface area contributed by atoms with E-state index in [1.54, 1.807) is 0 Å². The van der Waals surface area contributed by atoms with Crippen LogP contribution in [-0.2, 0) is 28.5 Å². The highest BCUT2D eigenvalue weighted by Gasteiger charge is 2.44. The van der Waals surface area contributed by atoms with Crippen molar-refractivity contribution in [1.82, 2.24) is 0 Å². The van der Waals surface area contributed by atoms with Gasteiger partial charge in [-0.2, -0.15) is 0 Å². The van der Waals surface area contributed by atoms with Crippen LogP contribution in [0.5, 0.6) is 0 Å². The molecule has 2 unspecified atom stereocenters. The highest BCUT2D eigenvalue weighted by molar-refractivity contribution is 5.70. The number of rotatable bonds is 45. The van der Waals surface area contributed by atoms with Crippen molar-refractivity contribution in [3.8, 4) is 0 Å². The zero-order valence-electron chi connectivity index (χ0n) is 41.5. The van der Waals surface area contributed by atoms with Gasteiger partial charge in [0.15, 0.2) is 12.4 Å². The van der Waals surface area contributed by atoms with Crippen LogP contribution in [0.15, 0.2) is 48.6 Å². The number of aliphatic hydroxyl groups is 4. The third-order valence-corrected chi connectivity index (χ3v) is 12.2. The Morgan fingerprint density at radius 2 is 0.892 bits per heavy atom. The predicted molar refractivity (Wildman–Crippen MR) is 265 cm³/mol. The van der Waals surface area contributed by atoms with E-state index in [0.29, 0.717) is 12.8 Å². The molecule has 0 aromatic rings. The molecule has 378 valence electrons. The van der Waals surface area contributed by atoms with Crippen LogP contribution in [0.3, 0.4) is 0 Å². The maximum atomic E-state index is 12.8. The fraction of sp³-hybridized carbons (Fsp3) is 0.818. The standard InChI is InChI=1S/C55H98O10/c1-3-5-7-9-11-13-15-17-19-21-22-23-24-25-26-28-29-31-33-35-37-39-41-43-50(57)62-46-48(47-63-55-54(61)53(60)52(59)49(45-56)65-55)64-51(58)44-42-40-38-36-34-32-30-27-20-18-16-14-12-10-8-6-4-2/h12,14,18,20,28-29,35,37,48-49,52-56,59-61H,3-11,13,15-17,19,21-27,30-34,36,38-47H2,1-2H3/b14-12+,20-18+,29-28+,37-35+/t48-,49-,52+,53?,54?,55-/m0/s1. The third-order valence-electron chi connectivity index (χ3n) is 12.2. The van der Waals surface area contributed by atoms with Gasteiger partial charge in [-0.3, -0.25) is 9.59 Å². The number of aliphatic hydroxyl groups excluding tert-OH is 4. The molecule has 4 N–H and O–H groups in total. The molecule has 10 nitrogen and oxygen atoms in total. The van der Waals surface area contributed by atoms with E-state index in [1.165, 1.54) is 135 Å². The van der Waals surface area contributed by atoms with Crippen molar-refractivity contribution in [1.29, 1.82) is 0 Å². The Kier molecular flexibility index (Phi) is 42.4. The Morgan fingerprint density at radius 3 is 1.42 bits per heavy atom. The molecule has 0 bridgehead atoms. The second kappa shape index (κ2) is 45.4. The van der Waals surface area contributed by atoms with Crippen LogP contribution in [0.1, 0.15) is 232 Å². The van der Waals surface area contributed by atoms with Crippen molar-refractivity contribution in [2.45, 2.75) is 269 Å². The van der Waals surface area contributed by atoms with E-state index < -0.39 is 55.4 Å². The van der Waals surface area contributed by atoms with Gasteiger partial charge in [-0.1, -0.05) is 191 Å². The van der Waals surface area contributed by atoms with E-state index in [0.717, 1.165) is 57.8 Å². The summed E-state index contributed by atoms with van der Waals surface area (Å²) in [5, 5.41) is 40.2. The number of hydrogen-bond acceptors (Lipinski definition) is 10. The summed E-state index contributed by atoms with van der Waals surface area (Å²) in [5.74, 6) is -0.860. The summed E-state index contributed by atoms with van der Waals surface area (Å²) in [7, 11) is 0. The van der Waals surface area contributed by atoms with Crippen LogP contribution in [-0.4, -0.2) is 89.0 Å². The molecular weight excluding hydrogens is 821 g/mol. The number of unbranched alkanes of at least 4 members (excludes halogenated alkanes) is 26. The molecule has 0 saturated carbocycles. The quantitative estimate of drug-likeness (QED) is 0.0264. The Morgan fingerprint density at radius 1 is 0.477 bits per heavy atom. The number of ether oxygens (including phenoxy) is 4. The average Bonchev–Trinajstić information content (AvgIpc) is 3.30. The maximum Gasteiger partial charge on any atom is 0.306 e. The molecule has 0 aromatic heterocycles. The number of carbonyl (C=O) groups is 2. The fourth-order valence-electron chi connectivity index (χ4n) is 7.95. The van der Waals surface area contributed by atoms with E-state index in [2.05, 4.69) is 62.5 Å².